The summed E-state index contributed by atoms with van der Waals surface area (Å²) in [5.41, 5.74) is 4.24. The van der Waals surface area contributed by atoms with Gasteiger partial charge in [-0.1, -0.05) is 12.1 Å². The Morgan fingerprint density at radius 3 is 2.24 bits per heavy atom. The summed E-state index contributed by atoms with van der Waals surface area (Å²) in [5.74, 6) is 0.1000. The number of aromatic nitrogens is 2. The first-order valence-electron chi connectivity index (χ1n) is 10.3. The zero-order chi connectivity index (χ0) is 23.4. The zero-order valence-corrected chi connectivity index (χ0v) is 18.5. The van der Waals surface area contributed by atoms with Crippen LogP contribution >= 0.6 is 0 Å². The molecule has 1 N–H and O–H groups in total. The minimum absolute atomic E-state index is 0.292. The molecular weight excluding hydrogens is 418 g/mol. The molecule has 0 aliphatic carbocycles. The summed E-state index contributed by atoms with van der Waals surface area (Å²) in [6.07, 6.45) is 0. The Balaban J connectivity index is 1.40. The summed E-state index contributed by atoms with van der Waals surface area (Å²) in [4.78, 5) is 25.0. The van der Waals surface area contributed by atoms with E-state index in [1.165, 1.54) is 7.11 Å². The number of rotatable bonds is 6. The van der Waals surface area contributed by atoms with E-state index in [1.54, 1.807) is 60.7 Å². The standard InChI is InChI=1S/C26H23N3O4/c1-17-16-18(2)29(28-17)21-12-8-19(9-13-21)26(31)33-22-14-10-20(11-15-22)27-25(30)23-6-4-5-7-24(23)32-3/h4-16H,1-3H3,(H,27,30). The zero-order valence-electron chi connectivity index (χ0n) is 18.5. The minimum Gasteiger partial charge on any atom is -0.496 e. The summed E-state index contributed by atoms with van der Waals surface area (Å²) in [6, 6.07) is 22.6. The van der Waals surface area contributed by atoms with Crippen LogP contribution < -0.4 is 14.8 Å². The molecule has 0 saturated carbocycles. The Labute approximate surface area is 191 Å². The van der Waals surface area contributed by atoms with Crippen molar-refractivity contribution < 1.29 is 19.1 Å². The lowest BCUT2D eigenvalue weighted by atomic mass is 10.2. The van der Waals surface area contributed by atoms with Gasteiger partial charge in [0.25, 0.3) is 5.91 Å². The molecule has 0 saturated heterocycles. The van der Waals surface area contributed by atoms with Crippen LogP contribution in [0.2, 0.25) is 0 Å². The Bertz CT molecular complexity index is 1290. The summed E-state index contributed by atoms with van der Waals surface area (Å²) in [7, 11) is 1.52. The molecule has 3 aromatic carbocycles. The number of para-hydroxylation sites is 1. The first-order valence-corrected chi connectivity index (χ1v) is 10.3. The van der Waals surface area contributed by atoms with Gasteiger partial charge in [0.05, 0.1) is 29.6 Å². The Kier molecular flexibility index (Phi) is 6.22. The van der Waals surface area contributed by atoms with Crippen molar-refractivity contribution in [2.45, 2.75) is 13.8 Å². The second-order valence-corrected chi connectivity index (χ2v) is 7.45. The number of carbonyl (C=O) groups is 2. The predicted octanol–water partition coefficient (Wildman–Crippen LogP) is 4.97. The van der Waals surface area contributed by atoms with Crippen molar-refractivity contribution in [3.05, 3.63) is 101 Å². The average molecular weight is 441 g/mol. The third-order valence-electron chi connectivity index (χ3n) is 5.03. The number of aryl methyl sites for hydroxylation is 2. The first kappa shape index (κ1) is 21.8. The largest absolute Gasteiger partial charge is 0.496 e. The fourth-order valence-electron chi connectivity index (χ4n) is 3.43. The molecule has 0 unspecified atom stereocenters. The molecule has 7 heteroatoms. The third-order valence-corrected chi connectivity index (χ3v) is 5.03. The molecule has 0 aliphatic rings. The van der Waals surface area contributed by atoms with Gasteiger partial charge in [0, 0.05) is 11.4 Å². The van der Waals surface area contributed by atoms with Crippen molar-refractivity contribution in [3.63, 3.8) is 0 Å². The fourth-order valence-corrected chi connectivity index (χ4v) is 3.43. The molecule has 4 aromatic rings. The van der Waals surface area contributed by atoms with Gasteiger partial charge >= 0.3 is 5.97 Å². The highest BCUT2D eigenvalue weighted by Crippen LogP contribution is 2.21. The topological polar surface area (TPSA) is 82.5 Å². The number of nitrogens with zero attached hydrogens (tertiary/aromatic N) is 2. The Morgan fingerprint density at radius 2 is 1.61 bits per heavy atom. The number of ether oxygens (including phenoxy) is 2. The normalized spacial score (nSPS) is 10.5. The maximum absolute atomic E-state index is 12.5. The van der Waals surface area contributed by atoms with Crippen molar-refractivity contribution >= 4 is 17.6 Å². The molecule has 0 atom stereocenters. The monoisotopic (exact) mass is 441 g/mol. The second kappa shape index (κ2) is 9.40. The van der Waals surface area contributed by atoms with Crippen molar-refractivity contribution in [3.8, 4) is 17.2 Å². The van der Waals surface area contributed by atoms with Crippen LogP contribution in [0.4, 0.5) is 5.69 Å². The number of carbonyl (C=O) groups excluding carboxylic acids is 2. The van der Waals surface area contributed by atoms with Crippen molar-refractivity contribution in [2.24, 2.45) is 0 Å². The van der Waals surface area contributed by atoms with E-state index in [1.807, 2.05) is 36.7 Å². The molecule has 1 amide bonds. The average Bonchev–Trinajstić information content (AvgIpc) is 3.18. The highest BCUT2D eigenvalue weighted by Gasteiger charge is 2.13. The van der Waals surface area contributed by atoms with Crippen LogP contribution in [-0.2, 0) is 0 Å². The third kappa shape index (κ3) is 4.93. The first-order chi connectivity index (χ1) is 15.9. The summed E-state index contributed by atoms with van der Waals surface area (Å²) >= 11 is 0. The number of esters is 1. The summed E-state index contributed by atoms with van der Waals surface area (Å²) < 4.78 is 12.5. The lowest BCUT2D eigenvalue weighted by molar-refractivity contribution is 0.0734. The number of benzene rings is 3. The van der Waals surface area contributed by atoms with E-state index in [-0.39, 0.29) is 5.91 Å². The summed E-state index contributed by atoms with van der Waals surface area (Å²) in [5, 5.41) is 7.25. The van der Waals surface area contributed by atoms with Gasteiger partial charge in [-0.25, -0.2) is 9.48 Å². The molecule has 1 aromatic heterocycles. The van der Waals surface area contributed by atoms with Crippen LogP contribution in [0.25, 0.3) is 5.69 Å². The molecule has 0 aliphatic heterocycles. The highest BCUT2D eigenvalue weighted by molar-refractivity contribution is 6.06. The molecule has 0 bridgehead atoms. The minimum atomic E-state index is -0.472. The fraction of sp³-hybridized carbons (Fsp3) is 0.115. The van der Waals surface area contributed by atoms with E-state index >= 15 is 0 Å². The lowest BCUT2D eigenvalue weighted by Crippen LogP contribution is -2.13. The predicted molar refractivity (Wildman–Crippen MR) is 125 cm³/mol. The summed E-state index contributed by atoms with van der Waals surface area (Å²) in [6.45, 7) is 3.91. The van der Waals surface area contributed by atoms with Crippen LogP contribution in [0.3, 0.4) is 0 Å². The maximum Gasteiger partial charge on any atom is 0.343 e. The molecule has 166 valence electrons. The van der Waals surface area contributed by atoms with Gasteiger partial charge in [0.2, 0.25) is 0 Å². The molecule has 33 heavy (non-hydrogen) atoms. The van der Waals surface area contributed by atoms with Gasteiger partial charge in [0.1, 0.15) is 11.5 Å². The van der Waals surface area contributed by atoms with E-state index in [9.17, 15) is 9.59 Å². The van der Waals surface area contributed by atoms with E-state index in [4.69, 9.17) is 9.47 Å². The number of methoxy groups -OCH3 is 1. The van der Waals surface area contributed by atoms with E-state index in [0.29, 0.717) is 28.3 Å². The molecule has 4 rings (SSSR count). The Morgan fingerprint density at radius 1 is 0.909 bits per heavy atom. The van der Waals surface area contributed by atoms with Gasteiger partial charge in [0.15, 0.2) is 0 Å². The van der Waals surface area contributed by atoms with Gasteiger partial charge in [-0.05, 0) is 80.6 Å². The SMILES string of the molecule is COc1ccccc1C(=O)Nc1ccc(OC(=O)c2ccc(-n3nc(C)cc3C)cc2)cc1. The number of anilines is 1. The van der Waals surface area contributed by atoms with Crippen LogP contribution in [0, 0.1) is 13.8 Å². The van der Waals surface area contributed by atoms with E-state index in [0.717, 1.165) is 17.1 Å². The highest BCUT2D eigenvalue weighted by atomic mass is 16.5. The smallest absolute Gasteiger partial charge is 0.343 e. The quantitative estimate of drug-likeness (QED) is 0.337. The van der Waals surface area contributed by atoms with Crippen LogP contribution in [0.1, 0.15) is 32.1 Å². The number of hydrogen-bond donors (Lipinski definition) is 1. The van der Waals surface area contributed by atoms with Crippen molar-refractivity contribution in [2.75, 3.05) is 12.4 Å². The van der Waals surface area contributed by atoms with E-state index < -0.39 is 5.97 Å². The van der Waals surface area contributed by atoms with Gasteiger partial charge in [-0.2, -0.15) is 5.10 Å². The number of nitrogens with one attached hydrogen (secondary N) is 1. The molecular formula is C26H23N3O4. The molecule has 0 fully saturated rings. The van der Waals surface area contributed by atoms with Gasteiger partial charge in [-0.3, -0.25) is 4.79 Å². The van der Waals surface area contributed by atoms with E-state index in [2.05, 4.69) is 10.4 Å². The van der Waals surface area contributed by atoms with Crippen LogP contribution in [0.15, 0.2) is 78.9 Å². The molecule has 0 radical (unpaired) electrons. The maximum atomic E-state index is 12.5. The molecule has 7 nitrogen and oxygen atoms in total. The van der Waals surface area contributed by atoms with Crippen molar-refractivity contribution in [1.82, 2.24) is 9.78 Å². The van der Waals surface area contributed by atoms with Crippen LogP contribution in [-0.4, -0.2) is 28.8 Å². The number of amides is 1. The van der Waals surface area contributed by atoms with Gasteiger partial charge in [-0.15, -0.1) is 0 Å². The molecule has 1 heterocycles. The second-order valence-electron chi connectivity index (χ2n) is 7.45. The van der Waals surface area contributed by atoms with Gasteiger partial charge < -0.3 is 14.8 Å². The Hall–Kier alpha value is -4.39. The van der Waals surface area contributed by atoms with Crippen molar-refractivity contribution in [1.29, 1.82) is 0 Å². The number of hydrogen-bond acceptors (Lipinski definition) is 5. The van der Waals surface area contributed by atoms with Crippen LogP contribution in [0.5, 0.6) is 11.5 Å². The lowest BCUT2D eigenvalue weighted by Gasteiger charge is -2.10. The molecule has 0 spiro atoms.